The molecule has 0 bridgehead atoms. The second-order valence-corrected chi connectivity index (χ2v) is 10.7. The Bertz CT molecular complexity index is 887. The molecule has 0 heterocycles. The summed E-state index contributed by atoms with van der Waals surface area (Å²) in [6.45, 7) is 13.5. The van der Waals surface area contributed by atoms with Crippen LogP contribution in [0.25, 0.3) is 0 Å². The molecule has 1 atom stereocenters. The second kappa shape index (κ2) is 10.4. The van der Waals surface area contributed by atoms with Crippen molar-refractivity contribution in [2.24, 2.45) is 10.8 Å². The van der Waals surface area contributed by atoms with Crippen molar-refractivity contribution in [2.45, 2.75) is 65.2 Å². The van der Waals surface area contributed by atoms with Crippen LogP contribution in [-0.4, -0.2) is 13.2 Å². The van der Waals surface area contributed by atoms with E-state index in [4.69, 9.17) is 9.47 Å². The first-order chi connectivity index (χ1) is 14.7. The third-order valence-corrected chi connectivity index (χ3v) is 5.54. The molecular weight excluding hydrogens is 440 g/mol. The summed E-state index contributed by atoms with van der Waals surface area (Å²) in [6.07, 6.45) is 1.32. The molecule has 0 amide bonds. The summed E-state index contributed by atoms with van der Waals surface area (Å²) >= 11 is 3.41. The Morgan fingerprint density at radius 1 is 0.781 bits per heavy atom. The van der Waals surface area contributed by atoms with Gasteiger partial charge in [0.2, 0.25) is 11.6 Å². The van der Waals surface area contributed by atoms with Crippen LogP contribution in [0.3, 0.4) is 0 Å². The highest BCUT2D eigenvalue weighted by Crippen LogP contribution is 2.43. The number of hydrogen-bond acceptors (Lipinski definition) is 3. The van der Waals surface area contributed by atoms with Gasteiger partial charge in [-0.3, -0.25) is 0 Å². The van der Waals surface area contributed by atoms with Gasteiger partial charge in [-0.15, -0.1) is 12.6 Å². The molecule has 0 fully saturated rings. The predicted octanol–water partition coefficient (Wildman–Crippen LogP) is 7.95. The maximum atomic E-state index is 13.8. The lowest BCUT2D eigenvalue weighted by Gasteiger charge is -2.36. The Kier molecular flexibility index (Phi) is 8.54. The van der Waals surface area contributed by atoms with Gasteiger partial charge in [0.15, 0.2) is 17.4 Å². The lowest BCUT2D eigenvalue weighted by Crippen LogP contribution is -2.23. The first-order valence-corrected chi connectivity index (χ1v) is 11.1. The van der Waals surface area contributed by atoms with E-state index >= 15 is 0 Å². The maximum Gasteiger partial charge on any atom is 0.205 e. The number of benzene rings is 2. The van der Waals surface area contributed by atoms with E-state index < -0.39 is 33.9 Å². The van der Waals surface area contributed by atoms with Gasteiger partial charge in [-0.25, -0.2) is 8.78 Å². The van der Waals surface area contributed by atoms with Crippen LogP contribution in [0.2, 0.25) is 0 Å². The SMILES string of the molecule is CC(C)(C)CC(c1ccc(OCCCOc2c(F)c(F)c(S)c(F)c2F)cc1)C(C)(C)C. The minimum absolute atomic E-state index is 0.113. The van der Waals surface area contributed by atoms with Crippen LogP contribution in [0.5, 0.6) is 11.5 Å². The number of hydrogen-bond donors (Lipinski definition) is 1. The zero-order valence-electron chi connectivity index (χ0n) is 19.5. The van der Waals surface area contributed by atoms with Gasteiger partial charge in [0.1, 0.15) is 5.75 Å². The van der Waals surface area contributed by atoms with Gasteiger partial charge < -0.3 is 9.47 Å². The smallest absolute Gasteiger partial charge is 0.205 e. The fraction of sp³-hybridized carbons (Fsp3) is 0.520. The molecule has 2 rings (SSSR count). The molecule has 0 aromatic heterocycles. The predicted molar refractivity (Wildman–Crippen MR) is 122 cm³/mol. The van der Waals surface area contributed by atoms with E-state index in [0.29, 0.717) is 11.7 Å². The number of thiol groups is 1. The molecular formula is C25H32F4O2S. The Balaban J connectivity index is 1.92. The Morgan fingerprint density at radius 2 is 1.28 bits per heavy atom. The second-order valence-electron chi connectivity index (χ2n) is 10.2. The van der Waals surface area contributed by atoms with Crippen molar-refractivity contribution in [3.63, 3.8) is 0 Å². The van der Waals surface area contributed by atoms with Gasteiger partial charge in [0.05, 0.1) is 18.1 Å². The molecule has 0 spiro atoms. The van der Waals surface area contributed by atoms with E-state index in [1.807, 2.05) is 12.1 Å². The maximum absolute atomic E-state index is 13.8. The van der Waals surface area contributed by atoms with E-state index in [-0.39, 0.29) is 30.5 Å². The average molecular weight is 473 g/mol. The summed E-state index contributed by atoms with van der Waals surface area (Å²) in [5.41, 5.74) is 1.55. The van der Waals surface area contributed by atoms with Gasteiger partial charge in [-0.05, 0) is 40.9 Å². The van der Waals surface area contributed by atoms with Crippen molar-refractivity contribution in [3.8, 4) is 11.5 Å². The molecule has 2 aromatic rings. The Labute approximate surface area is 193 Å². The zero-order valence-corrected chi connectivity index (χ0v) is 20.4. The molecule has 178 valence electrons. The lowest BCUT2D eigenvalue weighted by molar-refractivity contribution is 0.225. The quantitative estimate of drug-likeness (QED) is 0.182. The molecule has 0 saturated heterocycles. The van der Waals surface area contributed by atoms with Gasteiger partial charge in [-0.1, -0.05) is 53.7 Å². The first kappa shape index (κ1) is 26.4. The molecule has 0 N–H and O–H groups in total. The molecule has 32 heavy (non-hydrogen) atoms. The van der Waals surface area contributed by atoms with Crippen molar-refractivity contribution < 1.29 is 27.0 Å². The van der Waals surface area contributed by atoms with Crippen LogP contribution in [-0.2, 0) is 0 Å². The topological polar surface area (TPSA) is 18.5 Å². The number of rotatable bonds is 8. The summed E-state index contributed by atoms with van der Waals surface area (Å²) in [6, 6.07) is 7.91. The fourth-order valence-corrected chi connectivity index (χ4v) is 3.68. The zero-order chi connectivity index (χ0) is 24.3. The van der Waals surface area contributed by atoms with Crippen molar-refractivity contribution in [1.29, 1.82) is 0 Å². The highest BCUT2D eigenvalue weighted by Gasteiger charge is 2.30. The summed E-state index contributed by atoms with van der Waals surface area (Å²) in [7, 11) is 0. The molecule has 2 nitrogen and oxygen atoms in total. The Morgan fingerprint density at radius 3 is 1.75 bits per heavy atom. The molecule has 7 heteroatoms. The lowest BCUT2D eigenvalue weighted by atomic mass is 9.69. The van der Waals surface area contributed by atoms with Crippen LogP contribution in [0.1, 0.15) is 65.9 Å². The largest absolute Gasteiger partial charge is 0.493 e. The van der Waals surface area contributed by atoms with E-state index in [2.05, 4.69) is 66.3 Å². The van der Waals surface area contributed by atoms with Crippen molar-refractivity contribution in [2.75, 3.05) is 13.2 Å². The third-order valence-electron chi connectivity index (χ3n) is 5.15. The minimum atomic E-state index is -1.60. The highest BCUT2D eigenvalue weighted by atomic mass is 32.1. The molecule has 0 aliphatic carbocycles. The minimum Gasteiger partial charge on any atom is -0.493 e. The van der Waals surface area contributed by atoms with Gasteiger partial charge in [-0.2, -0.15) is 8.78 Å². The van der Waals surface area contributed by atoms with Gasteiger partial charge in [0.25, 0.3) is 0 Å². The van der Waals surface area contributed by atoms with E-state index in [9.17, 15) is 17.6 Å². The van der Waals surface area contributed by atoms with E-state index in [1.165, 1.54) is 5.56 Å². The summed E-state index contributed by atoms with van der Waals surface area (Å²) in [5.74, 6) is -6.42. The fourth-order valence-electron chi connectivity index (χ4n) is 3.48. The highest BCUT2D eigenvalue weighted by molar-refractivity contribution is 7.80. The number of halogens is 4. The van der Waals surface area contributed by atoms with Crippen LogP contribution in [0, 0.1) is 34.1 Å². The summed E-state index contributed by atoms with van der Waals surface area (Å²) in [4.78, 5) is -1.02. The molecule has 1 unspecified atom stereocenters. The molecule has 2 aromatic carbocycles. The standard InChI is InChI=1S/C25H32F4O2S/c1-24(2,3)14-17(25(4,5)6)15-8-10-16(11-9-15)30-12-7-13-31-22-18(26)20(28)23(32)21(29)19(22)27/h8-11,17,32H,7,12-14H2,1-6H3. The molecule has 0 radical (unpaired) electrons. The van der Waals surface area contributed by atoms with Crippen LogP contribution >= 0.6 is 12.6 Å². The third kappa shape index (κ3) is 6.80. The Hall–Kier alpha value is -1.89. The summed E-state index contributed by atoms with van der Waals surface area (Å²) < 4.78 is 65.2. The molecule has 0 aliphatic rings. The normalized spacial score (nSPS) is 13.2. The van der Waals surface area contributed by atoms with Crippen LogP contribution in [0.4, 0.5) is 17.6 Å². The van der Waals surface area contributed by atoms with Gasteiger partial charge >= 0.3 is 0 Å². The van der Waals surface area contributed by atoms with Crippen molar-refractivity contribution >= 4 is 12.6 Å². The van der Waals surface area contributed by atoms with Crippen LogP contribution < -0.4 is 9.47 Å². The summed E-state index contributed by atoms with van der Waals surface area (Å²) in [5, 5.41) is 0. The monoisotopic (exact) mass is 472 g/mol. The van der Waals surface area contributed by atoms with Crippen LogP contribution in [0.15, 0.2) is 29.2 Å². The molecule has 0 aliphatic heterocycles. The van der Waals surface area contributed by atoms with Gasteiger partial charge in [0, 0.05) is 6.42 Å². The number of ether oxygens (including phenoxy) is 2. The van der Waals surface area contributed by atoms with Crippen molar-refractivity contribution in [3.05, 3.63) is 53.1 Å². The molecule has 0 saturated carbocycles. The van der Waals surface area contributed by atoms with Crippen molar-refractivity contribution in [1.82, 2.24) is 0 Å². The van der Waals surface area contributed by atoms with E-state index in [0.717, 1.165) is 6.42 Å². The van der Waals surface area contributed by atoms with E-state index in [1.54, 1.807) is 0 Å². The average Bonchev–Trinajstić information content (AvgIpc) is 2.70. The first-order valence-electron chi connectivity index (χ1n) is 10.6.